The lowest BCUT2D eigenvalue weighted by atomic mass is 10.4. The first-order chi connectivity index (χ1) is 5.46. The molecule has 0 aromatic rings. The van der Waals surface area contributed by atoms with Gasteiger partial charge in [-0.25, -0.2) is 0 Å². The minimum Gasteiger partial charge on any atom is -0.333 e. The van der Waals surface area contributed by atoms with Crippen LogP contribution in [0.25, 0.3) is 0 Å². The summed E-state index contributed by atoms with van der Waals surface area (Å²) < 4.78 is 1.00. The van der Waals surface area contributed by atoms with Crippen LogP contribution in [0.2, 0.25) is 0 Å². The van der Waals surface area contributed by atoms with Crippen molar-refractivity contribution >= 4 is 0 Å². The van der Waals surface area contributed by atoms with E-state index in [2.05, 4.69) is 41.3 Å². The van der Waals surface area contributed by atoms with Gasteiger partial charge in [0.15, 0.2) is 0 Å². The summed E-state index contributed by atoms with van der Waals surface area (Å²) in [6.45, 7) is 15.0. The Bertz CT molecular complexity index is 112. The molecule has 80 valence electrons. The Morgan fingerprint density at radius 3 is 0.692 bits per heavy atom. The van der Waals surface area contributed by atoms with Crippen LogP contribution < -0.4 is 0 Å². The molecule has 0 aliphatic carbocycles. The van der Waals surface area contributed by atoms with Crippen LogP contribution >= 0.6 is 0 Å². The van der Waals surface area contributed by atoms with E-state index in [1.165, 1.54) is 11.1 Å². The molecule has 1 nitrogen and oxygen atoms in total. The molecule has 0 aliphatic rings. The van der Waals surface area contributed by atoms with Crippen LogP contribution in [-0.2, 0) is 0 Å². The van der Waals surface area contributed by atoms with Gasteiger partial charge in [-0.15, -0.1) is 13.2 Å². The van der Waals surface area contributed by atoms with E-state index in [0.717, 1.165) is 4.48 Å². The molecule has 13 heavy (non-hydrogen) atoms. The second-order valence-corrected chi connectivity index (χ2v) is 5.10. The summed E-state index contributed by atoms with van der Waals surface area (Å²) in [4.78, 5) is 0. The number of nitrogens with zero attached hydrogens (tertiary/aromatic N) is 1. The molecule has 0 bridgehead atoms. The summed E-state index contributed by atoms with van der Waals surface area (Å²) in [5.41, 5.74) is 2.33. The Balaban J connectivity index is -0.000000117. The number of rotatable bonds is 0. The van der Waals surface area contributed by atoms with Gasteiger partial charge in [-0.1, -0.05) is 11.1 Å². The van der Waals surface area contributed by atoms with Crippen LogP contribution in [0.1, 0.15) is 27.7 Å². The number of hydrogen-bond donors (Lipinski definition) is 0. The maximum Gasteiger partial charge on any atom is 0.0675 e. The maximum absolute atomic E-state index is 3.56. The minimum atomic E-state index is 1.00. The van der Waals surface area contributed by atoms with Gasteiger partial charge in [0.2, 0.25) is 0 Å². The molecule has 0 saturated carbocycles. The van der Waals surface area contributed by atoms with E-state index in [9.17, 15) is 0 Å². The molecule has 0 spiro atoms. The van der Waals surface area contributed by atoms with Gasteiger partial charge in [-0.3, -0.25) is 0 Å². The molecule has 0 amide bonds. The van der Waals surface area contributed by atoms with Gasteiger partial charge >= 0.3 is 0 Å². The van der Waals surface area contributed by atoms with E-state index in [0.29, 0.717) is 0 Å². The summed E-state index contributed by atoms with van der Waals surface area (Å²) in [5.74, 6) is 0. The highest BCUT2D eigenvalue weighted by Gasteiger charge is 1.88. The summed E-state index contributed by atoms with van der Waals surface area (Å²) in [7, 11) is 8.50. The lowest BCUT2D eigenvalue weighted by Gasteiger charge is -2.14. The fourth-order valence-electron chi connectivity index (χ4n) is 0. The SMILES string of the molecule is C=C(C)C.C=C(C)C.C[N+](C)(C)C. The molecular weight excluding hydrogens is 158 g/mol. The summed E-state index contributed by atoms with van der Waals surface area (Å²) in [6, 6.07) is 0. The summed E-state index contributed by atoms with van der Waals surface area (Å²) in [6.07, 6.45) is 0. The molecule has 0 aromatic heterocycles. The first kappa shape index (κ1) is 18.3. The number of quaternary nitrogens is 1. The van der Waals surface area contributed by atoms with Gasteiger partial charge in [-0.05, 0) is 27.7 Å². The molecule has 0 atom stereocenters. The van der Waals surface area contributed by atoms with E-state index >= 15 is 0 Å². The predicted octanol–water partition coefficient (Wildman–Crippen LogP) is 3.49. The van der Waals surface area contributed by atoms with E-state index in [1.54, 1.807) is 0 Å². The molecule has 0 heterocycles. The minimum absolute atomic E-state index is 1.00. The van der Waals surface area contributed by atoms with Crippen molar-refractivity contribution in [2.75, 3.05) is 28.2 Å². The van der Waals surface area contributed by atoms with Gasteiger partial charge < -0.3 is 4.48 Å². The van der Waals surface area contributed by atoms with E-state index in [1.807, 2.05) is 27.7 Å². The predicted molar refractivity (Wildman–Crippen MR) is 64.9 cm³/mol. The van der Waals surface area contributed by atoms with E-state index < -0.39 is 0 Å². The Morgan fingerprint density at radius 1 is 0.692 bits per heavy atom. The van der Waals surface area contributed by atoms with Crippen LogP contribution in [0.15, 0.2) is 24.3 Å². The van der Waals surface area contributed by atoms with Crippen molar-refractivity contribution in [2.45, 2.75) is 27.7 Å². The van der Waals surface area contributed by atoms with Crippen molar-refractivity contribution in [1.29, 1.82) is 0 Å². The van der Waals surface area contributed by atoms with Crippen molar-refractivity contribution in [1.82, 2.24) is 0 Å². The van der Waals surface area contributed by atoms with Crippen LogP contribution in [0.5, 0.6) is 0 Å². The molecule has 0 unspecified atom stereocenters. The lowest BCUT2D eigenvalue weighted by molar-refractivity contribution is -0.849. The number of hydrogen-bond acceptors (Lipinski definition) is 0. The average Bonchev–Trinajstić information content (AvgIpc) is 1.50. The molecule has 0 N–H and O–H groups in total. The fraction of sp³-hybridized carbons (Fsp3) is 0.667. The second kappa shape index (κ2) is 9.53. The maximum atomic E-state index is 3.56. The quantitative estimate of drug-likeness (QED) is 0.401. The standard InChI is InChI=1S/C4H12N.2C4H8/c1-5(2,3)4;2*1-4(2)3/h1-4H3;2*1H2,2-3H3/q+1;;. The third-order valence-corrected chi connectivity index (χ3v) is 0. The highest BCUT2D eigenvalue weighted by atomic mass is 15.2. The fourth-order valence-corrected chi connectivity index (χ4v) is 0. The van der Waals surface area contributed by atoms with Crippen molar-refractivity contribution in [2.24, 2.45) is 0 Å². The lowest BCUT2D eigenvalue weighted by Crippen LogP contribution is -2.27. The molecule has 0 aliphatic heterocycles. The van der Waals surface area contributed by atoms with E-state index in [4.69, 9.17) is 0 Å². The third kappa shape index (κ3) is 3250. The summed E-state index contributed by atoms with van der Waals surface area (Å²) >= 11 is 0. The van der Waals surface area contributed by atoms with Gasteiger partial charge in [-0.2, -0.15) is 0 Å². The number of allylic oxidation sites excluding steroid dienone is 2. The zero-order valence-corrected chi connectivity index (χ0v) is 10.9. The zero-order valence-electron chi connectivity index (χ0n) is 10.9. The third-order valence-electron chi connectivity index (χ3n) is 0. The molecule has 0 fully saturated rings. The van der Waals surface area contributed by atoms with Crippen LogP contribution in [0, 0.1) is 0 Å². The Kier molecular flexibility index (Phi) is 13.4. The Hall–Kier alpha value is -0.560. The zero-order chi connectivity index (χ0) is 11.7. The smallest absolute Gasteiger partial charge is 0.0675 e. The van der Waals surface area contributed by atoms with Gasteiger partial charge in [0, 0.05) is 0 Å². The largest absolute Gasteiger partial charge is 0.333 e. The van der Waals surface area contributed by atoms with Gasteiger partial charge in [0.1, 0.15) is 0 Å². The van der Waals surface area contributed by atoms with Crippen LogP contribution in [-0.4, -0.2) is 32.7 Å². The Labute approximate surface area is 85.4 Å². The van der Waals surface area contributed by atoms with Gasteiger partial charge in [0.05, 0.1) is 28.2 Å². The van der Waals surface area contributed by atoms with E-state index in [-0.39, 0.29) is 0 Å². The highest BCUT2D eigenvalue weighted by molar-refractivity contribution is 4.79. The normalized spacial score (nSPS) is 8.62. The summed E-state index contributed by atoms with van der Waals surface area (Å²) in [5, 5.41) is 0. The second-order valence-electron chi connectivity index (χ2n) is 5.10. The average molecular weight is 186 g/mol. The van der Waals surface area contributed by atoms with Gasteiger partial charge in [0.25, 0.3) is 0 Å². The first-order valence-electron chi connectivity index (χ1n) is 4.50. The molecule has 0 radical (unpaired) electrons. The molecule has 0 saturated heterocycles. The highest BCUT2D eigenvalue weighted by Crippen LogP contribution is 1.74. The topological polar surface area (TPSA) is 0 Å². The van der Waals surface area contributed by atoms with Crippen molar-refractivity contribution in [3.8, 4) is 0 Å². The van der Waals surface area contributed by atoms with Crippen LogP contribution in [0.3, 0.4) is 0 Å². The molecule has 0 rings (SSSR count). The monoisotopic (exact) mass is 186 g/mol. The van der Waals surface area contributed by atoms with Crippen molar-refractivity contribution in [3.63, 3.8) is 0 Å². The van der Waals surface area contributed by atoms with Crippen LogP contribution in [0.4, 0.5) is 0 Å². The Morgan fingerprint density at radius 2 is 0.692 bits per heavy atom. The molecule has 1 heteroatoms. The first-order valence-corrected chi connectivity index (χ1v) is 4.50. The molecular formula is C12H28N+. The molecule has 0 aromatic carbocycles. The van der Waals surface area contributed by atoms with Crippen molar-refractivity contribution < 1.29 is 4.48 Å². The van der Waals surface area contributed by atoms with Crippen molar-refractivity contribution in [3.05, 3.63) is 24.3 Å².